The molecule has 0 atom stereocenters. The number of alkyl halides is 3. The van der Waals surface area contributed by atoms with E-state index in [2.05, 4.69) is 0 Å². The predicted molar refractivity (Wildman–Crippen MR) is 115 cm³/mol. The number of rotatable bonds is 7. The number of hydrogen-bond acceptors (Lipinski definition) is 4. The number of hydrogen-bond donors (Lipinski definition) is 1. The zero-order chi connectivity index (χ0) is 24.6. The van der Waals surface area contributed by atoms with Crippen LogP contribution in [0.15, 0.2) is 41.3 Å². The Labute approximate surface area is 186 Å². The average molecular weight is 487 g/mol. The molecule has 1 N–H and O–H groups in total. The Balaban J connectivity index is 2.07. The molecule has 0 aliphatic heterocycles. The Bertz CT molecular complexity index is 1370. The molecule has 0 bridgehead atoms. The Morgan fingerprint density at radius 2 is 1.85 bits per heavy atom. The highest BCUT2D eigenvalue weighted by atomic mass is 32.2. The van der Waals surface area contributed by atoms with Crippen molar-refractivity contribution in [3.8, 4) is 11.1 Å². The van der Waals surface area contributed by atoms with E-state index in [0.29, 0.717) is 27.7 Å². The normalized spacial score (nSPS) is 12.3. The molecule has 12 heteroatoms. The first kappa shape index (κ1) is 24.5. The first-order valence-corrected chi connectivity index (χ1v) is 11.7. The number of aromatic nitrogens is 2. The van der Waals surface area contributed by atoms with Crippen LogP contribution in [0, 0.1) is 12.7 Å². The van der Waals surface area contributed by atoms with Crippen molar-refractivity contribution in [3.05, 3.63) is 58.4 Å². The van der Waals surface area contributed by atoms with Crippen molar-refractivity contribution in [2.24, 2.45) is 0 Å². The summed E-state index contributed by atoms with van der Waals surface area (Å²) < 4.78 is 78.8. The average Bonchev–Trinajstić information content (AvgIpc) is 2.92. The number of sulfonamides is 1. The maximum atomic E-state index is 14.1. The first-order valence-electron chi connectivity index (χ1n) is 9.82. The fourth-order valence-corrected chi connectivity index (χ4v) is 4.19. The molecule has 7 nitrogen and oxygen atoms in total. The standard InChI is InChI=1S/C21H21F4N3O4S/c1-13-20(14-4-7-19(30)27(11-14)9-3-8-21(23,24)25)16-10-15(22)5-6-17(16)28(13)12-18(29)26-33(2,31)32/h4-7,10-11H,3,8-9,12H2,1-2H3,(H,26,29). The van der Waals surface area contributed by atoms with Gasteiger partial charge in [-0.15, -0.1) is 0 Å². The van der Waals surface area contributed by atoms with Crippen molar-refractivity contribution in [3.63, 3.8) is 0 Å². The summed E-state index contributed by atoms with van der Waals surface area (Å²) in [4.78, 5) is 24.4. The van der Waals surface area contributed by atoms with Crippen LogP contribution in [0.4, 0.5) is 17.6 Å². The van der Waals surface area contributed by atoms with E-state index in [4.69, 9.17) is 0 Å². The zero-order valence-electron chi connectivity index (χ0n) is 17.7. The topological polar surface area (TPSA) is 90.2 Å². The number of carbonyl (C=O) groups is 1. The number of pyridine rings is 1. The summed E-state index contributed by atoms with van der Waals surface area (Å²) in [5.74, 6) is -1.36. The van der Waals surface area contributed by atoms with Gasteiger partial charge in [0.15, 0.2) is 0 Å². The van der Waals surface area contributed by atoms with Crippen LogP contribution in [-0.2, 0) is 27.9 Å². The van der Waals surface area contributed by atoms with Gasteiger partial charge >= 0.3 is 6.18 Å². The summed E-state index contributed by atoms with van der Waals surface area (Å²) in [6.45, 7) is 1.11. The van der Waals surface area contributed by atoms with E-state index in [0.717, 1.165) is 10.8 Å². The van der Waals surface area contributed by atoms with Gasteiger partial charge in [-0.05, 0) is 37.6 Å². The summed E-state index contributed by atoms with van der Waals surface area (Å²) in [7, 11) is -3.78. The predicted octanol–water partition coefficient (Wildman–Crippen LogP) is 3.34. The van der Waals surface area contributed by atoms with Gasteiger partial charge in [-0.3, -0.25) is 14.3 Å². The van der Waals surface area contributed by atoms with Crippen LogP contribution < -0.4 is 10.3 Å². The quantitative estimate of drug-likeness (QED) is 0.518. The Hall–Kier alpha value is -3.15. The molecular weight excluding hydrogens is 466 g/mol. The molecule has 1 amide bonds. The van der Waals surface area contributed by atoms with Gasteiger partial charge in [0, 0.05) is 53.0 Å². The second-order valence-electron chi connectivity index (χ2n) is 7.67. The highest BCUT2D eigenvalue weighted by Gasteiger charge is 2.26. The Kier molecular flexibility index (Phi) is 6.68. The maximum absolute atomic E-state index is 14.1. The summed E-state index contributed by atoms with van der Waals surface area (Å²) in [6.07, 6.45) is -3.42. The van der Waals surface area contributed by atoms with Gasteiger partial charge in [0.1, 0.15) is 12.4 Å². The third kappa shape index (κ3) is 6.01. The second kappa shape index (κ2) is 9.00. The molecule has 0 unspecified atom stereocenters. The van der Waals surface area contributed by atoms with E-state index in [9.17, 15) is 35.6 Å². The molecule has 3 aromatic rings. The van der Waals surface area contributed by atoms with Gasteiger partial charge in [0.2, 0.25) is 10.0 Å². The minimum absolute atomic E-state index is 0.158. The molecule has 2 heterocycles. The number of carbonyl (C=O) groups excluding carboxylic acids is 1. The van der Waals surface area contributed by atoms with Crippen molar-refractivity contribution in [2.45, 2.75) is 39.0 Å². The van der Waals surface area contributed by atoms with Crippen molar-refractivity contribution < 1.29 is 30.8 Å². The SMILES string of the molecule is Cc1c(-c2ccc(=O)n(CCCC(F)(F)F)c2)c2cc(F)ccc2n1CC(=O)NS(C)(=O)=O. The van der Waals surface area contributed by atoms with Crippen LogP contribution in [0.25, 0.3) is 22.0 Å². The molecule has 0 saturated carbocycles. The van der Waals surface area contributed by atoms with Gasteiger partial charge in [0.05, 0.1) is 6.26 Å². The summed E-state index contributed by atoms with van der Waals surface area (Å²) >= 11 is 0. The minimum Gasteiger partial charge on any atom is -0.335 e. The van der Waals surface area contributed by atoms with Gasteiger partial charge in [-0.2, -0.15) is 13.2 Å². The lowest BCUT2D eigenvalue weighted by atomic mass is 10.0. The molecule has 3 rings (SSSR count). The summed E-state index contributed by atoms with van der Waals surface area (Å²) in [5, 5.41) is 0.403. The fourth-order valence-electron chi connectivity index (χ4n) is 3.71. The van der Waals surface area contributed by atoms with E-state index in [1.54, 1.807) is 6.92 Å². The minimum atomic E-state index is -4.34. The van der Waals surface area contributed by atoms with Crippen molar-refractivity contribution in [1.29, 1.82) is 0 Å². The third-order valence-corrected chi connectivity index (χ3v) is 5.62. The van der Waals surface area contributed by atoms with Crippen molar-refractivity contribution >= 4 is 26.8 Å². The van der Waals surface area contributed by atoms with Crippen molar-refractivity contribution in [2.75, 3.05) is 6.26 Å². The summed E-state index contributed by atoms with van der Waals surface area (Å²) in [5.41, 5.74) is 1.36. The molecule has 0 fully saturated rings. The first-order chi connectivity index (χ1) is 15.2. The van der Waals surface area contributed by atoms with Gasteiger partial charge < -0.3 is 9.13 Å². The van der Waals surface area contributed by atoms with Gasteiger partial charge in [-0.1, -0.05) is 0 Å². The molecule has 33 heavy (non-hydrogen) atoms. The molecule has 1 aromatic carbocycles. The molecule has 0 spiro atoms. The van der Waals surface area contributed by atoms with Crippen LogP contribution >= 0.6 is 0 Å². The number of benzene rings is 1. The number of nitrogens with one attached hydrogen (secondary N) is 1. The number of nitrogens with zero attached hydrogens (tertiary/aromatic N) is 2. The Morgan fingerprint density at radius 1 is 1.15 bits per heavy atom. The number of fused-ring (bicyclic) bond motifs is 1. The van der Waals surface area contributed by atoms with Gasteiger partial charge in [-0.25, -0.2) is 12.8 Å². The van der Waals surface area contributed by atoms with Gasteiger partial charge in [0.25, 0.3) is 11.5 Å². The molecule has 2 aromatic heterocycles. The van der Waals surface area contributed by atoms with Crippen LogP contribution in [0.1, 0.15) is 18.5 Å². The molecule has 0 aliphatic rings. The third-order valence-electron chi connectivity index (χ3n) is 5.02. The van der Waals surface area contributed by atoms with Crippen molar-refractivity contribution in [1.82, 2.24) is 13.9 Å². The van der Waals surface area contributed by atoms with Crippen LogP contribution in [-0.4, -0.2) is 35.9 Å². The number of halogens is 4. The lowest BCUT2D eigenvalue weighted by molar-refractivity contribution is -0.136. The molecule has 0 saturated heterocycles. The van der Waals surface area contributed by atoms with E-state index < -0.39 is 39.9 Å². The van der Waals surface area contributed by atoms with E-state index in [1.807, 2.05) is 4.72 Å². The number of amides is 1. The monoisotopic (exact) mass is 487 g/mol. The highest BCUT2D eigenvalue weighted by Crippen LogP contribution is 2.35. The van der Waals surface area contributed by atoms with E-state index >= 15 is 0 Å². The molecule has 0 radical (unpaired) electrons. The van der Waals surface area contributed by atoms with Crippen LogP contribution in [0.3, 0.4) is 0 Å². The zero-order valence-corrected chi connectivity index (χ0v) is 18.6. The second-order valence-corrected chi connectivity index (χ2v) is 9.42. The largest absolute Gasteiger partial charge is 0.389 e. The smallest absolute Gasteiger partial charge is 0.335 e. The van der Waals surface area contributed by atoms with E-state index in [-0.39, 0.29) is 19.5 Å². The molecular formula is C21H21F4N3O4S. The molecule has 0 aliphatic carbocycles. The fraction of sp³-hybridized carbons (Fsp3) is 0.333. The van der Waals surface area contributed by atoms with E-state index in [1.165, 1.54) is 41.1 Å². The van der Waals surface area contributed by atoms with Crippen LogP contribution in [0.2, 0.25) is 0 Å². The Morgan fingerprint density at radius 3 is 2.48 bits per heavy atom. The maximum Gasteiger partial charge on any atom is 0.389 e. The summed E-state index contributed by atoms with van der Waals surface area (Å²) in [6, 6.07) is 6.54. The lowest BCUT2D eigenvalue weighted by Crippen LogP contribution is -2.32. The highest BCUT2D eigenvalue weighted by molar-refractivity contribution is 7.89. The van der Waals surface area contributed by atoms with Crippen LogP contribution in [0.5, 0.6) is 0 Å². The molecule has 178 valence electrons. The number of aryl methyl sites for hydroxylation is 1. The lowest BCUT2D eigenvalue weighted by Gasteiger charge is -2.11.